The van der Waals surface area contributed by atoms with Gasteiger partial charge in [-0.25, -0.2) is 4.68 Å². The van der Waals surface area contributed by atoms with E-state index in [0.717, 1.165) is 0 Å². The molecular formula is C30H23ClF6N6O2. The smallest absolute Gasteiger partial charge is 0.416 e. The van der Waals surface area contributed by atoms with Crippen molar-refractivity contribution in [1.29, 1.82) is 0 Å². The predicted octanol–water partition coefficient (Wildman–Crippen LogP) is 7.10. The van der Waals surface area contributed by atoms with Gasteiger partial charge in [0, 0.05) is 10.6 Å². The van der Waals surface area contributed by atoms with Gasteiger partial charge in [0.05, 0.1) is 30.8 Å². The lowest BCUT2D eigenvalue weighted by molar-refractivity contribution is -0.144. The number of halogens is 7. The summed E-state index contributed by atoms with van der Waals surface area (Å²) >= 11 is 6.42. The van der Waals surface area contributed by atoms with Crippen LogP contribution < -0.4 is 0 Å². The number of alkyl halides is 6. The Morgan fingerprint density at radius 2 is 1.49 bits per heavy atom. The van der Waals surface area contributed by atoms with E-state index in [-0.39, 0.29) is 54.2 Å². The van der Waals surface area contributed by atoms with Crippen molar-refractivity contribution >= 4 is 17.6 Å². The van der Waals surface area contributed by atoms with E-state index in [4.69, 9.17) is 16.3 Å². The number of hydrogen-bond acceptors (Lipinski definition) is 6. The highest BCUT2D eigenvalue weighted by Crippen LogP contribution is 2.37. The van der Waals surface area contributed by atoms with Crippen LogP contribution in [-0.4, -0.2) is 42.3 Å². The molecule has 0 N–H and O–H groups in total. The van der Waals surface area contributed by atoms with E-state index < -0.39 is 36.0 Å². The Balaban J connectivity index is 1.66. The number of nitrogens with zero attached hydrogens (tertiary/aromatic N) is 6. The SMILES string of the molecule is CCOC(=O)Cc1nnc(-c2nnn(Cc3cc(C(F)(F)F)cc(C(F)(F)F)c3)c2-c2ccccc2)n1Cc1ccccc1Cl. The third-order valence-electron chi connectivity index (χ3n) is 6.70. The van der Waals surface area contributed by atoms with Gasteiger partial charge in [-0.15, -0.1) is 15.3 Å². The van der Waals surface area contributed by atoms with Gasteiger partial charge < -0.3 is 9.30 Å². The van der Waals surface area contributed by atoms with E-state index in [0.29, 0.717) is 28.3 Å². The van der Waals surface area contributed by atoms with Crippen LogP contribution in [0.2, 0.25) is 5.02 Å². The van der Waals surface area contributed by atoms with Gasteiger partial charge >= 0.3 is 18.3 Å². The Bertz CT molecular complexity index is 1790. The lowest BCUT2D eigenvalue weighted by atomic mass is 10.0. The molecule has 0 bridgehead atoms. The number of aromatic nitrogens is 6. The third kappa shape index (κ3) is 7.17. The Kier molecular flexibility index (Phi) is 8.96. The maximum absolute atomic E-state index is 13.6. The molecule has 0 radical (unpaired) electrons. The minimum atomic E-state index is -5.02. The fourth-order valence-electron chi connectivity index (χ4n) is 4.69. The summed E-state index contributed by atoms with van der Waals surface area (Å²) in [5.74, 6) is -0.210. The van der Waals surface area contributed by atoms with Gasteiger partial charge in [0.25, 0.3) is 0 Å². The molecule has 8 nitrogen and oxygen atoms in total. The lowest BCUT2D eigenvalue weighted by Crippen LogP contribution is -2.14. The van der Waals surface area contributed by atoms with Gasteiger partial charge in [0.15, 0.2) is 11.5 Å². The molecule has 5 aromatic rings. The zero-order valence-corrected chi connectivity index (χ0v) is 24.2. The highest BCUT2D eigenvalue weighted by Gasteiger charge is 2.37. The normalized spacial score (nSPS) is 12.0. The third-order valence-corrected chi connectivity index (χ3v) is 7.06. The summed E-state index contributed by atoms with van der Waals surface area (Å²) in [6.07, 6.45) is -10.3. The predicted molar refractivity (Wildman–Crippen MR) is 151 cm³/mol. The van der Waals surface area contributed by atoms with Gasteiger partial charge in [-0.3, -0.25) is 4.79 Å². The van der Waals surface area contributed by atoms with Crippen LogP contribution in [0.4, 0.5) is 26.3 Å². The zero-order valence-electron chi connectivity index (χ0n) is 23.4. The van der Waals surface area contributed by atoms with Crippen LogP contribution in [0.5, 0.6) is 0 Å². The number of rotatable bonds is 9. The standard InChI is InChI=1S/C30H23ClF6N6O2/c1-2-45-25(44)15-24-38-40-28(42(24)17-20-10-6-7-11-23(20)31)26-27(19-8-4-3-5-9-19)43(41-39-26)16-18-12-21(29(32,33)34)14-22(13-18)30(35,36)37/h3-14H,2,15-17H2,1H3. The molecule has 2 aromatic heterocycles. The summed E-state index contributed by atoms with van der Waals surface area (Å²) in [6, 6.07) is 16.8. The van der Waals surface area contributed by atoms with E-state index in [1.54, 1.807) is 66.1 Å². The molecule has 2 heterocycles. The van der Waals surface area contributed by atoms with Crippen LogP contribution in [-0.2, 0) is 41.4 Å². The average Bonchev–Trinajstić information content (AvgIpc) is 3.57. The Hall–Kier alpha value is -4.72. The van der Waals surface area contributed by atoms with Gasteiger partial charge in [-0.05, 0) is 42.3 Å². The highest BCUT2D eigenvalue weighted by atomic mass is 35.5. The molecule has 0 unspecified atom stereocenters. The Morgan fingerprint density at radius 1 is 0.844 bits per heavy atom. The van der Waals surface area contributed by atoms with Gasteiger partial charge in [-0.1, -0.05) is 65.3 Å². The number of hydrogen-bond donors (Lipinski definition) is 0. The van der Waals surface area contributed by atoms with Crippen LogP contribution in [0.15, 0.2) is 72.8 Å². The Morgan fingerprint density at radius 3 is 2.11 bits per heavy atom. The van der Waals surface area contributed by atoms with Crippen LogP contribution in [0.1, 0.15) is 35.0 Å². The maximum atomic E-state index is 13.6. The topological polar surface area (TPSA) is 87.7 Å². The second-order valence-electron chi connectivity index (χ2n) is 9.82. The van der Waals surface area contributed by atoms with Crippen molar-refractivity contribution in [1.82, 2.24) is 29.8 Å². The molecule has 3 aromatic carbocycles. The van der Waals surface area contributed by atoms with Crippen LogP contribution in [0, 0.1) is 0 Å². The van der Waals surface area contributed by atoms with E-state index in [9.17, 15) is 31.1 Å². The molecule has 0 saturated carbocycles. The lowest BCUT2D eigenvalue weighted by Gasteiger charge is -2.15. The summed E-state index contributed by atoms with van der Waals surface area (Å²) in [4.78, 5) is 12.4. The molecule has 0 saturated heterocycles. The van der Waals surface area contributed by atoms with Crippen LogP contribution >= 0.6 is 11.6 Å². The molecule has 0 amide bonds. The van der Waals surface area contributed by atoms with Gasteiger partial charge in [-0.2, -0.15) is 26.3 Å². The molecule has 0 fully saturated rings. The number of carbonyl (C=O) groups is 1. The number of benzene rings is 3. The van der Waals surface area contributed by atoms with Crippen molar-refractivity contribution in [3.63, 3.8) is 0 Å². The van der Waals surface area contributed by atoms with E-state index in [1.165, 1.54) is 4.68 Å². The van der Waals surface area contributed by atoms with E-state index in [2.05, 4.69) is 20.5 Å². The minimum absolute atomic E-state index is 0.0661. The second-order valence-corrected chi connectivity index (χ2v) is 10.2. The van der Waals surface area contributed by atoms with Crippen molar-refractivity contribution in [2.75, 3.05) is 6.61 Å². The molecule has 15 heteroatoms. The Labute approximate surface area is 257 Å². The fraction of sp³-hybridized carbons (Fsp3) is 0.233. The molecule has 234 valence electrons. The first-order chi connectivity index (χ1) is 21.3. The van der Waals surface area contributed by atoms with Crippen LogP contribution in [0.3, 0.4) is 0 Å². The fourth-order valence-corrected chi connectivity index (χ4v) is 4.88. The zero-order chi connectivity index (χ0) is 32.4. The summed E-state index contributed by atoms with van der Waals surface area (Å²) in [6.45, 7) is 1.41. The second kappa shape index (κ2) is 12.7. The van der Waals surface area contributed by atoms with Gasteiger partial charge in [0.1, 0.15) is 17.9 Å². The first kappa shape index (κ1) is 31.7. The molecule has 0 aliphatic heterocycles. The highest BCUT2D eigenvalue weighted by molar-refractivity contribution is 6.31. The van der Waals surface area contributed by atoms with E-state index >= 15 is 0 Å². The molecule has 5 rings (SSSR count). The largest absolute Gasteiger partial charge is 0.466 e. The summed E-state index contributed by atoms with van der Waals surface area (Å²) in [5.41, 5.74) is -1.67. The molecule has 0 aliphatic rings. The summed E-state index contributed by atoms with van der Waals surface area (Å²) < 4.78 is 89.3. The van der Waals surface area contributed by atoms with Crippen molar-refractivity contribution in [3.05, 3.63) is 106 Å². The van der Waals surface area contributed by atoms with Crippen LogP contribution in [0.25, 0.3) is 22.8 Å². The molecule has 45 heavy (non-hydrogen) atoms. The number of carbonyl (C=O) groups excluding carboxylic acids is 1. The van der Waals surface area contributed by atoms with Gasteiger partial charge in [0.2, 0.25) is 0 Å². The molecule has 0 spiro atoms. The maximum Gasteiger partial charge on any atom is 0.416 e. The molecule has 0 aliphatic carbocycles. The van der Waals surface area contributed by atoms with Crippen molar-refractivity contribution in [2.45, 2.75) is 38.8 Å². The summed E-state index contributed by atoms with van der Waals surface area (Å²) in [7, 11) is 0. The number of ether oxygens (including phenoxy) is 1. The minimum Gasteiger partial charge on any atom is -0.466 e. The van der Waals surface area contributed by atoms with Crippen molar-refractivity contribution in [3.8, 4) is 22.8 Å². The van der Waals surface area contributed by atoms with Crippen molar-refractivity contribution < 1.29 is 35.9 Å². The number of esters is 1. The average molecular weight is 649 g/mol. The molecular weight excluding hydrogens is 626 g/mol. The first-order valence-corrected chi connectivity index (χ1v) is 13.8. The molecule has 0 atom stereocenters. The first-order valence-electron chi connectivity index (χ1n) is 13.4. The quantitative estimate of drug-likeness (QED) is 0.125. The van der Waals surface area contributed by atoms with Crippen molar-refractivity contribution in [2.24, 2.45) is 0 Å². The van der Waals surface area contributed by atoms with E-state index in [1.807, 2.05) is 0 Å². The summed E-state index contributed by atoms with van der Waals surface area (Å²) in [5, 5.41) is 17.3. The monoisotopic (exact) mass is 648 g/mol.